The number of benzene rings is 2. The second-order valence-electron chi connectivity index (χ2n) is 5.35. The average molecular weight is 306 g/mol. The van der Waals surface area contributed by atoms with Crippen molar-refractivity contribution in [2.45, 2.75) is 31.9 Å². The Kier molecular flexibility index (Phi) is 4.13. The van der Waals surface area contributed by atoms with Gasteiger partial charge in [-0.25, -0.2) is 4.39 Å². The lowest BCUT2D eigenvalue weighted by Crippen LogP contribution is -2.17. The minimum atomic E-state index is -0.350. The molecule has 2 aromatic carbocycles. The van der Waals surface area contributed by atoms with Crippen molar-refractivity contribution in [2.75, 3.05) is 0 Å². The Morgan fingerprint density at radius 1 is 1.29 bits per heavy atom. The standard InChI is InChI=1S/C17H17ClFNO/c18-15-4-2-5-16(19)14(15)10-21-12-8-7-11-3-1-6-17(20)13(11)9-12/h2,4-5,7-9,17H,1,3,6,10,20H2/t17-/m1/s1. The quantitative estimate of drug-likeness (QED) is 0.912. The summed E-state index contributed by atoms with van der Waals surface area (Å²) in [7, 11) is 0. The molecule has 1 aliphatic rings. The minimum absolute atomic E-state index is 0.0642. The Bertz CT molecular complexity index is 639. The van der Waals surface area contributed by atoms with Crippen molar-refractivity contribution in [3.8, 4) is 5.75 Å². The lowest BCUT2D eigenvalue weighted by molar-refractivity contribution is 0.299. The molecule has 0 radical (unpaired) electrons. The van der Waals surface area contributed by atoms with Crippen LogP contribution in [0.2, 0.25) is 5.02 Å². The van der Waals surface area contributed by atoms with Crippen molar-refractivity contribution in [1.29, 1.82) is 0 Å². The summed E-state index contributed by atoms with van der Waals surface area (Å²) in [6, 6.07) is 10.6. The first-order chi connectivity index (χ1) is 10.1. The zero-order chi connectivity index (χ0) is 14.8. The van der Waals surface area contributed by atoms with Gasteiger partial charge in [0.05, 0.1) is 5.02 Å². The number of nitrogens with two attached hydrogens (primary N) is 1. The molecule has 0 aromatic heterocycles. The van der Waals surface area contributed by atoms with Crippen molar-refractivity contribution in [2.24, 2.45) is 5.73 Å². The first-order valence-electron chi connectivity index (χ1n) is 7.09. The Labute approximate surface area is 128 Å². The van der Waals surface area contributed by atoms with Gasteiger partial charge in [0, 0.05) is 11.6 Å². The molecule has 2 aromatic rings. The molecule has 2 N–H and O–H groups in total. The third-order valence-corrected chi connectivity index (χ3v) is 4.28. The summed E-state index contributed by atoms with van der Waals surface area (Å²) < 4.78 is 19.4. The molecule has 1 aliphatic carbocycles. The molecule has 4 heteroatoms. The molecule has 0 spiro atoms. The van der Waals surface area contributed by atoms with Gasteiger partial charge >= 0.3 is 0 Å². The van der Waals surface area contributed by atoms with Gasteiger partial charge in [-0.05, 0) is 54.7 Å². The molecule has 0 unspecified atom stereocenters. The Morgan fingerprint density at radius 3 is 2.95 bits per heavy atom. The summed E-state index contributed by atoms with van der Waals surface area (Å²) in [4.78, 5) is 0. The Hall–Kier alpha value is -1.58. The van der Waals surface area contributed by atoms with E-state index in [1.165, 1.54) is 11.6 Å². The molecule has 0 aliphatic heterocycles. The molecule has 110 valence electrons. The van der Waals surface area contributed by atoms with Gasteiger partial charge in [-0.2, -0.15) is 0 Å². The van der Waals surface area contributed by atoms with E-state index in [-0.39, 0.29) is 18.5 Å². The lowest BCUT2D eigenvalue weighted by Gasteiger charge is -2.22. The predicted octanol–water partition coefficient (Wildman–Crippen LogP) is 4.39. The second-order valence-corrected chi connectivity index (χ2v) is 5.76. The molecule has 0 bridgehead atoms. The van der Waals surface area contributed by atoms with E-state index in [0.717, 1.165) is 24.8 Å². The van der Waals surface area contributed by atoms with E-state index >= 15 is 0 Å². The molecule has 3 rings (SSSR count). The maximum atomic E-state index is 13.7. The Morgan fingerprint density at radius 2 is 2.14 bits per heavy atom. The lowest BCUT2D eigenvalue weighted by atomic mass is 9.88. The molecule has 2 nitrogen and oxygen atoms in total. The fourth-order valence-electron chi connectivity index (χ4n) is 2.73. The van der Waals surface area contributed by atoms with Crippen LogP contribution in [0, 0.1) is 5.82 Å². The summed E-state index contributed by atoms with van der Waals surface area (Å²) in [6.07, 6.45) is 3.18. The number of aryl methyl sites for hydroxylation is 1. The zero-order valence-corrected chi connectivity index (χ0v) is 12.4. The molecule has 1 atom stereocenters. The average Bonchev–Trinajstić information content (AvgIpc) is 2.47. The number of rotatable bonds is 3. The van der Waals surface area contributed by atoms with Crippen LogP contribution in [0.5, 0.6) is 5.75 Å². The van der Waals surface area contributed by atoms with Crippen molar-refractivity contribution >= 4 is 11.6 Å². The van der Waals surface area contributed by atoms with Crippen LogP contribution in [-0.4, -0.2) is 0 Å². The minimum Gasteiger partial charge on any atom is -0.489 e. The highest BCUT2D eigenvalue weighted by atomic mass is 35.5. The smallest absolute Gasteiger partial charge is 0.131 e. The second kappa shape index (κ2) is 6.04. The maximum absolute atomic E-state index is 13.7. The predicted molar refractivity (Wildman–Crippen MR) is 82.1 cm³/mol. The van der Waals surface area contributed by atoms with Gasteiger partial charge in [0.15, 0.2) is 0 Å². The van der Waals surface area contributed by atoms with Crippen LogP contribution in [0.4, 0.5) is 4.39 Å². The normalized spacial score (nSPS) is 17.4. The molecular formula is C17H17ClFNO. The van der Waals surface area contributed by atoms with E-state index in [4.69, 9.17) is 22.1 Å². The highest BCUT2D eigenvalue weighted by Gasteiger charge is 2.17. The molecule has 0 saturated heterocycles. The van der Waals surface area contributed by atoms with Gasteiger partial charge in [-0.1, -0.05) is 23.7 Å². The van der Waals surface area contributed by atoms with E-state index in [2.05, 4.69) is 0 Å². The van der Waals surface area contributed by atoms with Crippen LogP contribution in [-0.2, 0) is 13.0 Å². The number of fused-ring (bicyclic) bond motifs is 1. The molecule has 0 heterocycles. The van der Waals surface area contributed by atoms with E-state index in [0.29, 0.717) is 16.3 Å². The SMILES string of the molecule is N[C@@H]1CCCc2ccc(OCc3c(F)cccc3Cl)cc21. The first-order valence-corrected chi connectivity index (χ1v) is 7.47. The van der Waals surface area contributed by atoms with Gasteiger partial charge in [-0.15, -0.1) is 0 Å². The number of ether oxygens (including phenoxy) is 1. The van der Waals surface area contributed by atoms with Gasteiger partial charge in [-0.3, -0.25) is 0 Å². The summed E-state index contributed by atoms with van der Waals surface area (Å²) in [5, 5.41) is 0.379. The summed E-state index contributed by atoms with van der Waals surface area (Å²) >= 11 is 5.99. The molecular weight excluding hydrogens is 289 g/mol. The van der Waals surface area contributed by atoms with Crippen LogP contribution in [0.3, 0.4) is 0 Å². The molecule has 21 heavy (non-hydrogen) atoms. The topological polar surface area (TPSA) is 35.2 Å². The highest BCUT2D eigenvalue weighted by Crippen LogP contribution is 2.31. The van der Waals surface area contributed by atoms with E-state index in [9.17, 15) is 4.39 Å². The van der Waals surface area contributed by atoms with Gasteiger partial charge < -0.3 is 10.5 Å². The monoisotopic (exact) mass is 305 g/mol. The van der Waals surface area contributed by atoms with Gasteiger partial charge in [0.1, 0.15) is 18.2 Å². The van der Waals surface area contributed by atoms with Crippen molar-refractivity contribution in [3.63, 3.8) is 0 Å². The third kappa shape index (κ3) is 3.04. The molecule has 0 amide bonds. The number of halogens is 2. The number of hydrogen-bond acceptors (Lipinski definition) is 2. The van der Waals surface area contributed by atoms with Crippen LogP contribution >= 0.6 is 11.6 Å². The fraction of sp³-hybridized carbons (Fsp3) is 0.294. The van der Waals surface area contributed by atoms with Crippen molar-refractivity contribution in [3.05, 3.63) is 63.9 Å². The van der Waals surface area contributed by atoms with Crippen molar-refractivity contribution < 1.29 is 9.13 Å². The van der Waals surface area contributed by atoms with Crippen LogP contribution in [0.25, 0.3) is 0 Å². The third-order valence-electron chi connectivity index (χ3n) is 3.92. The highest BCUT2D eigenvalue weighted by molar-refractivity contribution is 6.31. The first kappa shape index (κ1) is 14.4. The fourth-order valence-corrected chi connectivity index (χ4v) is 2.95. The zero-order valence-electron chi connectivity index (χ0n) is 11.6. The largest absolute Gasteiger partial charge is 0.489 e. The number of hydrogen-bond donors (Lipinski definition) is 1. The molecule has 0 saturated carbocycles. The van der Waals surface area contributed by atoms with Crippen LogP contribution < -0.4 is 10.5 Å². The maximum Gasteiger partial charge on any atom is 0.131 e. The van der Waals surface area contributed by atoms with Crippen LogP contribution in [0.15, 0.2) is 36.4 Å². The summed E-state index contributed by atoms with van der Waals surface area (Å²) in [5.74, 6) is 0.350. The van der Waals surface area contributed by atoms with E-state index < -0.39 is 0 Å². The van der Waals surface area contributed by atoms with Gasteiger partial charge in [0.2, 0.25) is 0 Å². The summed E-state index contributed by atoms with van der Waals surface area (Å²) in [5.41, 5.74) is 8.93. The summed E-state index contributed by atoms with van der Waals surface area (Å²) in [6.45, 7) is 0.111. The van der Waals surface area contributed by atoms with Gasteiger partial charge in [0.25, 0.3) is 0 Å². The van der Waals surface area contributed by atoms with E-state index in [1.807, 2.05) is 18.2 Å². The van der Waals surface area contributed by atoms with Crippen LogP contribution in [0.1, 0.15) is 35.6 Å². The molecule has 0 fully saturated rings. The van der Waals surface area contributed by atoms with E-state index in [1.54, 1.807) is 12.1 Å². The van der Waals surface area contributed by atoms with Crippen molar-refractivity contribution in [1.82, 2.24) is 0 Å². The Balaban J connectivity index is 1.78.